The number of aliphatic carboxylic acids is 1. The zero-order chi connectivity index (χ0) is 13.5. The second kappa shape index (κ2) is 4.89. The number of sulfonamides is 1. The summed E-state index contributed by atoms with van der Waals surface area (Å²) in [4.78, 5) is 11.0. The number of β-amino-alcohol motifs (C(OH)–C–C–N with tert-alkyl or cyclic N) is 1. The fourth-order valence-corrected chi connectivity index (χ4v) is 5.90. The summed E-state index contributed by atoms with van der Waals surface area (Å²) >= 11 is 4.12. The molecule has 100 valence electrons. The van der Waals surface area contributed by atoms with Gasteiger partial charge in [0.25, 0.3) is 10.0 Å². The molecule has 2 atom stereocenters. The second-order valence-corrected chi connectivity index (χ2v) is 7.73. The maximum Gasteiger partial charge on any atom is 0.322 e. The zero-order valence-electron chi connectivity index (χ0n) is 8.98. The second-order valence-electron chi connectivity index (χ2n) is 3.87. The maximum absolute atomic E-state index is 12.3. The number of halogens is 1. The minimum absolute atomic E-state index is 0.0582. The average molecular weight is 356 g/mol. The third-order valence-electron chi connectivity index (χ3n) is 2.65. The van der Waals surface area contributed by atoms with Crippen LogP contribution in [0.25, 0.3) is 0 Å². The number of thiophene rings is 1. The van der Waals surface area contributed by atoms with E-state index in [9.17, 15) is 18.3 Å². The normalized spacial score (nSPS) is 25.4. The van der Waals surface area contributed by atoms with Crippen molar-refractivity contribution in [2.75, 3.05) is 6.54 Å². The van der Waals surface area contributed by atoms with E-state index in [1.54, 1.807) is 11.4 Å². The van der Waals surface area contributed by atoms with Gasteiger partial charge >= 0.3 is 5.97 Å². The highest BCUT2D eigenvalue weighted by Gasteiger charge is 2.44. The van der Waals surface area contributed by atoms with Crippen LogP contribution in [0.5, 0.6) is 0 Å². The van der Waals surface area contributed by atoms with Gasteiger partial charge < -0.3 is 10.2 Å². The fraction of sp³-hybridized carbons (Fsp3) is 0.444. The summed E-state index contributed by atoms with van der Waals surface area (Å²) in [5.74, 6) is -1.25. The minimum atomic E-state index is -3.89. The molecular formula is C9H10BrNO5S2. The monoisotopic (exact) mass is 355 g/mol. The number of aliphatic hydroxyl groups excluding tert-OH is 1. The van der Waals surface area contributed by atoms with Crippen molar-refractivity contribution in [2.24, 2.45) is 0 Å². The molecule has 0 spiro atoms. The summed E-state index contributed by atoms with van der Waals surface area (Å²) in [5.41, 5.74) is 0. The molecule has 0 amide bonds. The number of aliphatic hydroxyl groups is 1. The number of hydrogen-bond donors (Lipinski definition) is 2. The van der Waals surface area contributed by atoms with Gasteiger partial charge in [0.2, 0.25) is 0 Å². The number of carboxylic acid groups (broad SMARTS) is 1. The number of rotatable bonds is 3. The van der Waals surface area contributed by atoms with Gasteiger partial charge in [-0.1, -0.05) is 0 Å². The smallest absolute Gasteiger partial charge is 0.322 e. The predicted octanol–water partition coefficient (Wildman–Crippen LogP) is 0.719. The predicted molar refractivity (Wildman–Crippen MR) is 68.0 cm³/mol. The summed E-state index contributed by atoms with van der Waals surface area (Å²) in [7, 11) is -3.89. The van der Waals surface area contributed by atoms with Crippen LogP contribution in [0.1, 0.15) is 6.42 Å². The first-order valence-electron chi connectivity index (χ1n) is 4.99. The van der Waals surface area contributed by atoms with Gasteiger partial charge in [0.1, 0.15) is 10.3 Å². The Morgan fingerprint density at radius 1 is 1.56 bits per heavy atom. The molecule has 9 heteroatoms. The number of hydrogen-bond acceptors (Lipinski definition) is 5. The van der Waals surface area contributed by atoms with Gasteiger partial charge in [0.05, 0.1) is 6.10 Å². The van der Waals surface area contributed by atoms with E-state index in [0.717, 1.165) is 15.6 Å². The summed E-state index contributed by atoms with van der Waals surface area (Å²) in [6.45, 7) is -0.191. The van der Waals surface area contributed by atoms with Crippen LogP contribution in [0.4, 0.5) is 0 Å². The highest BCUT2D eigenvalue weighted by molar-refractivity contribution is 9.10. The summed E-state index contributed by atoms with van der Waals surface area (Å²) in [6.07, 6.45) is -1.03. The highest BCUT2D eigenvalue weighted by Crippen LogP contribution is 2.34. The van der Waals surface area contributed by atoms with Crippen LogP contribution in [0.15, 0.2) is 20.1 Å². The van der Waals surface area contributed by atoms with Crippen molar-refractivity contribution in [2.45, 2.75) is 22.8 Å². The molecule has 1 aliphatic rings. The molecule has 0 aliphatic carbocycles. The Bertz CT molecular complexity index is 569. The van der Waals surface area contributed by atoms with Crippen molar-refractivity contribution in [1.82, 2.24) is 4.31 Å². The van der Waals surface area contributed by atoms with Gasteiger partial charge in [-0.2, -0.15) is 4.31 Å². The SMILES string of the molecule is O=C(O)[C@H]1C[C@@H](O)CN1S(=O)(=O)c1sccc1Br. The van der Waals surface area contributed by atoms with Crippen molar-refractivity contribution in [3.8, 4) is 0 Å². The van der Waals surface area contributed by atoms with Crippen LogP contribution in [0, 0.1) is 0 Å². The van der Waals surface area contributed by atoms with Crippen LogP contribution < -0.4 is 0 Å². The van der Waals surface area contributed by atoms with E-state index in [2.05, 4.69) is 15.9 Å². The van der Waals surface area contributed by atoms with Crippen molar-refractivity contribution >= 4 is 43.3 Å². The van der Waals surface area contributed by atoms with E-state index in [-0.39, 0.29) is 17.2 Å². The molecule has 1 aromatic heterocycles. The van der Waals surface area contributed by atoms with Crippen LogP contribution >= 0.6 is 27.3 Å². The molecule has 1 aliphatic heterocycles. The lowest BCUT2D eigenvalue weighted by Gasteiger charge is -2.19. The Morgan fingerprint density at radius 3 is 2.72 bits per heavy atom. The first-order chi connectivity index (χ1) is 8.34. The van der Waals surface area contributed by atoms with Gasteiger partial charge in [0.15, 0.2) is 0 Å². The molecule has 2 heterocycles. The maximum atomic E-state index is 12.3. The molecule has 1 aromatic rings. The Hall–Kier alpha value is -0.480. The van der Waals surface area contributed by atoms with E-state index >= 15 is 0 Å². The lowest BCUT2D eigenvalue weighted by Crippen LogP contribution is -2.40. The molecule has 0 bridgehead atoms. The van der Waals surface area contributed by atoms with E-state index in [0.29, 0.717) is 4.47 Å². The third-order valence-corrected chi connectivity index (χ3v) is 7.17. The van der Waals surface area contributed by atoms with Crippen molar-refractivity contribution in [3.05, 3.63) is 15.9 Å². The van der Waals surface area contributed by atoms with Crippen LogP contribution in [-0.4, -0.2) is 47.6 Å². The molecule has 0 radical (unpaired) electrons. The van der Waals surface area contributed by atoms with Crippen LogP contribution in [-0.2, 0) is 14.8 Å². The first kappa shape index (κ1) is 13.9. The molecular weight excluding hydrogens is 346 g/mol. The summed E-state index contributed by atoms with van der Waals surface area (Å²) in [5, 5.41) is 20.1. The van der Waals surface area contributed by atoms with E-state index in [1.807, 2.05) is 0 Å². The molecule has 1 saturated heterocycles. The number of nitrogens with zero attached hydrogens (tertiary/aromatic N) is 1. The number of carbonyl (C=O) groups is 1. The molecule has 1 fully saturated rings. The molecule has 0 aromatic carbocycles. The molecule has 2 rings (SSSR count). The topological polar surface area (TPSA) is 94.9 Å². The molecule has 0 saturated carbocycles. The van der Waals surface area contributed by atoms with Gasteiger partial charge in [-0.05, 0) is 27.4 Å². The molecule has 2 N–H and O–H groups in total. The Balaban J connectivity index is 2.41. The fourth-order valence-electron chi connectivity index (χ4n) is 1.84. The van der Waals surface area contributed by atoms with E-state index < -0.39 is 28.1 Å². The minimum Gasteiger partial charge on any atom is -0.480 e. The summed E-state index contributed by atoms with van der Waals surface area (Å²) in [6, 6.07) is 0.374. The first-order valence-corrected chi connectivity index (χ1v) is 8.11. The van der Waals surface area contributed by atoms with Crippen molar-refractivity contribution < 1.29 is 23.4 Å². The quantitative estimate of drug-likeness (QED) is 0.832. The Labute approximate surface area is 116 Å². The van der Waals surface area contributed by atoms with Crippen LogP contribution in [0.3, 0.4) is 0 Å². The lowest BCUT2D eigenvalue weighted by atomic mass is 10.2. The van der Waals surface area contributed by atoms with Gasteiger partial charge in [0, 0.05) is 17.4 Å². The van der Waals surface area contributed by atoms with Crippen LogP contribution in [0.2, 0.25) is 0 Å². The van der Waals surface area contributed by atoms with Crippen molar-refractivity contribution in [1.29, 1.82) is 0 Å². The van der Waals surface area contributed by atoms with Gasteiger partial charge in [-0.3, -0.25) is 4.79 Å². The van der Waals surface area contributed by atoms with Gasteiger partial charge in [-0.25, -0.2) is 8.42 Å². The largest absolute Gasteiger partial charge is 0.480 e. The number of carboxylic acids is 1. The Kier molecular flexibility index (Phi) is 3.79. The molecule has 18 heavy (non-hydrogen) atoms. The molecule has 6 nitrogen and oxygen atoms in total. The standard InChI is InChI=1S/C9H10BrNO5S2/c10-6-1-2-17-9(6)18(15,16)11-4-5(12)3-7(11)8(13)14/h1-2,5,7,12H,3-4H2,(H,13,14)/t5-,7-/m1/s1. The third kappa shape index (κ3) is 2.32. The molecule has 0 unspecified atom stereocenters. The average Bonchev–Trinajstić information content (AvgIpc) is 2.84. The van der Waals surface area contributed by atoms with Crippen molar-refractivity contribution in [3.63, 3.8) is 0 Å². The van der Waals surface area contributed by atoms with E-state index in [4.69, 9.17) is 5.11 Å². The Morgan fingerprint density at radius 2 is 2.22 bits per heavy atom. The zero-order valence-corrected chi connectivity index (χ0v) is 12.2. The highest BCUT2D eigenvalue weighted by atomic mass is 79.9. The summed E-state index contributed by atoms with van der Waals surface area (Å²) < 4.78 is 25.9. The van der Waals surface area contributed by atoms with E-state index in [1.165, 1.54) is 0 Å². The van der Waals surface area contributed by atoms with Gasteiger partial charge in [-0.15, -0.1) is 11.3 Å². The lowest BCUT2D eigenvalue weighted by molar-refractivity contribution is -0.140.